The average Bonchev–Trinajstić information content (AvgIpc) is 3.08. The maximum atomic E-state index is 12.6. The molecule has 2 aliphatic rings. The van der Waals surface area contributed by atoms with Gasteiger partial charge in [0, 0.05) is 18.7 Å². The summed E-state index contributed by atoms with van der Waals surface area (Å²) in [7, 11) is 0. The topological polar surface area (TPSA) is 60.9 Å². The molecule has 0 fully saturated rings. The molecule has 0 aliphatic carbocycles. The normalized spacial score (nSPS) is 15.0. The molecule has 2 aliphatic heterocycles. The van der Waals surface area contributed by atoms with Crippen LogP contribution in [-0.4, -0.2) is 30.8 Å². The highest BCUT2D eigenvalue weighted by Crippen LogP contribution is 2.36. The zero-order valence-corrected chi connectivity index (χ0v) is 12.5. The highest BCUT2D eigenvalue weighted by atomic mass is 16.7. The Morgan fingerprint density at radius 2 is 2.13 bits per heavy atom. The predicted molar refractivity (Wildman–Crippen MR) is 83.0 cm³/mol. The molecule has 1 amide bonds. The predicted octanol–water partition coefficient (Wildman–Crippen LogP) is 2.17. The van der Waals surface area contributed by atoms with E-state index in [4.69, 9.17) is 14.2 Å². The molecule has 0 atom stereocenters. The third kappa shape index (κ3) is 2.56. The Morgan fingerprint density at radius 3 is 3.09 bits per heavy atom. The summed E-state index contributed by atoms with van der Waals surface area (Å²) in [6.45, 7) is 1.28. The number of hydrogen-bond acceptors (Lipinski definition) is 5. The molecule has 3 heterocycles. The summed E-state index contributed by atoms with van der Waals surface area (Å²) in [5.41, 5.74) is 1.73. The van der Waals surface area contributed by atoms with Gasteiger partial charge in [-0.3, -0.25) is 9.78 Å². The van der Waals surface area contributed by atoms with Crippen LogP contribution < -0.4 is 19.1 Å². The molecule has 4 rings (SSSR count). The van der Waals surface area contributed by atoms with Crippen LogP contribution >= 0.6 is 0 Å². The summed E-state index contributed by atoms with van der Waals surface area (Å²) < 4.78 is 16.4. The zero-order valence-electron chi connectivity index (χ0n) is 12.5. The van der Waals surface area contributed by atoms with E-state index in [0.717, 1.165) is 22.7 Å². The molecule has 6 heteroatoms. The maximum absolute atomic E-state index is 12.6. The Labute approximate surface area is 133 Å². The van der Waals surface area contributed by atoms with Crippen LogP contribution in [0.5, 0.6) is 17.2 Å². The Hall–Kier alpha value is -2.76. The second kappa shape index (κ2) is 5.79. The quantitative estimate of drug-likeness (QED) is 0.869. The van der Waals surface area contributed by atoms with Crippen LogP contribution in [-0.2, 0) is 11.2 Å². The number of nitrogens with zero attached hydrogens (tertiary/aromatic N) is 2. The van der Waals surface area contributed by atoms with Crippen molar-refractivity contribution in [1.82, 2.24) is 4.98 Å². The van der Waals surface area contributed by atoms with Crippen molar-refractivity contribution in [2.24, 2.45) is 0 Å². The fourth-order valence-corrected chi connectivity index (χ4v) is 2.89. The summed E-state index contributed by atoms with van der Waals surface area (Å²) in [4.78, 5) is 18.4. The van der Waals surface area contributed by atoms with E-state index in [-0.39, 0.29) is 12.7 Å². The van der Waals surface area contributed by atoms with Crippen molar-refractivity contribution in [1.29, 1.82) is 0 Å². The first-order chi connectivity index (χ1) is 11.3. The summed E-state index contributed by atoms with van der Waals surface area (Å²) in [6.07, 6.45) is 4.34. The van der Waals surface area contributed by atoms with Gasteiger partial charge >= 0.3 is 0 Å². The van der Waals surface area contributed by atoms with Crippen LogP contribution in [0.3, 0.4) is 0 Å². The number of fused-ring (bicyclic) bond motifs is 2. The van der Waals surface area contributed by atoms with E-state index in [2.05, 4.69) is 4.98 Å². The third-order valence-electron chi connectivity index (χ3n) is 4.01. The number of ether oxygens (including phenoxy) is 3. The molecular weight excluding hydrogens is 296 g/mol. The lowest BCUT2D eigenvalue weighted by Crippen LogP contribution is -2.38. The minimum absolute atomic E-state index is 0.0547. The fraction of sp³-hybridized carbons (Fsp3) is 0.294. The van der Waals surface area contributed by atoms with Crippen LogP contribution in [0.15, 0.2) is 36.7 Å². The Bertz CT molecular complexity index is 747. The van der Waals surface area contributed by atoms with Crippen molar-refractivity contribution in [3.8, 4) is 17.2 Å². The van der Waals surface area contributed by atoms with Gasteiger partial charge in [-0.25, -0.2) is 0 Å². The summed E-state index contributed by atoms with van der Waals surface area (Å²) >= 11 is 0. The van der Waals surface area contributed by atoms with Gasteiger partial charge in [0.2, 0.25) is 12.7 Å². The van der Waals surface area contributed by atoms with Crippen molar-refractivity contribution in [3.05, 3.63) is 42.2 Å². The van der Waals surface area contributed by atoms with Crippen LogP contribution in [0.1, 0.15) is 12.0 Å². The molecular formula is C17H16N2O4. The molecule has 0 bridgehead atoms. The van der Waals surface area contributed by atoms with Gasteiger partial charge in [-0.15, -0.1) is 0 Å². The standard InChI is InChI=1S/C17H16N2O4/c20-16(19-8-9-21-14-6-7-18-10-13(14)19)5-4-12-2-1-3-15-17(12)23-11-22-15/h1-3,6-7,10H,4-5,8-9,11H2. The smallest absolute Gasteiger partial charge is 0.231 e. The molecule has 0 radical (unpaired) electrons. The number of carbonyl (C=O) groups is 1. The number of para-hydroxylation sites is 1. The SMILES string of the molecule is O=C(CCc1cccc2c1OCO2)N1CCOc2ccncc21. The van der Waals surface area contributed by atoms with Crippen LogP contribution in [0.4, 0.5) is 5.69 Å². The molecule has 0 saturated heterocycles. The van der Waals surface area contributed by atoms with Crippen molar-refractivity contribution in [2.45, 2.75) is 12.8 Å². The maximum Gasteiger partial charge on any atom is 0.231 e. The first-order valence-corrected chi connectivity index (χ1v) is 7.57. The van der Waals surface area contributed by atoms with E-state index < -0.39 is 0 Å². The van der Waals surface area contributed by atoms with Crippen molar-refractivity contribution < 1.29 is 19.0 Å². The van der Waals surface area contributed by atoms with E-state index >= 15 is 0 Å². The molecule has 2 aromatic rings. The van der Waals surface area contributed by atoms with Gasteiger partial charge in [-0.2, -0.15) is 0 Å². The minimum Gasteiger partial charge on any atom is -0.489 e. The Kier molecular flexibility index (Phi) is 3.49. The number of aryl methyl sites for hydroxylation is 1. The van der Waals surface area contributed by atoms with Crippen LogP contribution in [0.25, 0.3) is 0 Å². The lowest BCUT2D eigenvalue weighted by molar-refractivity contribution is -0.118. The highest BCUT2D eigenvalue weighted by Gasteiger charge is 2.24. The first-order valence-electron chi connectivity index (χ1n) is 7.57. The van der Waals surface area contributed by atoms with E-state index in [1.54, 1.807) is 23.4 Å². The summed E-state index contributed by atoms with van der Waals surface area (Å²) in [6, 6.07) is 7.54. The molecule has 118 valence electrons. The number of pyridine rings is 1. The molecule has 0 unspecified atom stereocenters. The summed E-state index contributed by atoms with van der Waals surface area (Å²) in [5, 5.41) is 0. The average molecular weight is 312 g/mol. The monoisotopic (exact) mass is 312 g/mol. The minimum atomic E-state index is 0.0547. The number of carbonyl (C=O) groups excluding carboxylic acids is 1. The van der Waals surface area contributed by atoms with E-state index in [9.17, 15) is 4.79 Å². The molecule has 1 aromatic carbocycles. The van der Waals surface area contributed by atoms with Gasteiger partial charge in [-0.05, 0) is 18.1 Å². The second-order valence-corrected chi connectivity index (χ2v) is 5.39. The number of amides is 1. The molecule has 1 aromatic heterocycles. The lowest BCUT2D eigenvalue weighted by atomic mass is 10.1. The number of benzene rings is 1. The van der Waals surface area contributed by atoms with Gasteiger partial charge in [-0.1, -0.05) is 12.1 Å². The number of anilines is 1. The number of aromatic nitrogens is 1. The molecule has 0 spiro atoms. The van der Waals surface area contributed by atoms with Gasteiger partial charge in [0.05, 0.1) is 12.7 Å². The number of hydrogen-bond donors (Lipinski definition) is 0. The highest BCUT2D eigenvalue weighted by molar-refractivity contribution is 5.95. The zero-order chi connectivity index (χ0) is 15.6. The fourth-order valence-electron chi connectivity index (χ4n) is 2.89. The molecule has 0 saturated carbocycles. The Morgan fingerprint density at radius 1 is 1.17 bits per heavy atom. The largest absolute Gasteiger partial charge is 0.489 e. The van der Waals surface area contributed by atoms with Crippen LogP contribution in [0.2, 0.25) is 0 Å². The van der Waals surface area contributed by atoms with E-state index in [1.807, 2.05) is 18.2 Å². The lowest BCUT2D eigenvalue weighted by Gasteiger charge is -2.29. The van der Waals surface area contributed by atoms with Crippen molar-refractivity contribution >= 4 is 11.6 Å². The molecule has 23 heavy (non-hydrogen) atoms. The second-order valence-electron chi connectivity index (χ2n) is 5.39. The van der Waals surface area contributed by atoms with Gasteiger partial charge in [0.25, 0.3) is 0 Å². The van der Waals surface area contributed by atoms with E-state index in [0.29, 0.717) is 31.7 Å². The first kappa shape index (κ1) is 13.9. The molecule has 6 nitrogen and oxygen atoms in total. The third-order valence-corrected chi connectivity index (χ3v) is 4.01. The van der Waals surface area contributed by atoms with Crippen molar-refractivity contribution in [2.75, 3.05) is 24.8 Å². The van der Waals surface area contributed by atoms with Crippen LogP contribution in [0, 0.1) is 0 Å². The van der Waals surface area contributed by atoms with E-state index in [1.165, 1.54) is 0 Å². The summed E-state index contributed by atoms with van der Waals surface area (Å²) in [5.74, 6) is 2.26. The van der Waals surface area contributed by atoms with Crippen molar-refractivity contribution in [3.63, 3.8) is 0 Å². The number of rotatable bonds is 3. The van der Waals surface area contributed by atoms with Gasteiger partial charge in [0.15, 0.2) is 11.5 Å². The van der Waals surface area contributed by atoms with Gasteiger partial charge < -0.3 is 19.1 Å². The van der Waals surface area contributed by atoms with Gasteiger partial charge in [0.1, 0.15) is 18.0 Å². The Balaban J connectivity index is 1.49. The molecule has 0 N–H and O–H groups in total.